The molecule has 1 aromatic heterocycles. The van der Waals surface area contributed by atoms with Gasteiger partial charge in [0.25, 0.3) is 0 Å². The predicted octanol–water partition coefficient (Wildman–Crippen LogP) is 1.39. The van der Waals surface area contributed by atoms with Gasteiger partial charge in [-0.15, -0.1) is 0 Å². The Labute approximate surface area is 46.2 Å². The molecule has 0 amide bonds. The van der Waals surface area contributed by atoms with Crippen molar-refractivity contribution in [1.29, 1.82) is 0 Å². The van der Waals surface area contributed by atoms with Crippen molar-refractivity contribution in [3.63, 3.8) is 0 Å². The second kappa shape index (κ2) is 2.85. The van der Waals surface area contributed by atoms with Crippen LogP contribution in [0.1, 0.15) is 0 Å². The molecule has 0 aliphatic heterocycles. The Kier molecular flexibility index (Phi) is 1.74. The molecule has 0 radical (unpaired) electrons. The first-order valence-corrected chi connectivity index (χ1v) is 2.15. The van der Waals surface area contributed by atoms with Gasteiger partial charge < -0.3 is 8.94 Å². The molecule has 0 atom stereocenters. The van der Waals surface area contributed by atoms with E-state index < -0.39 is 0 Å². The van der Waals surface area contributed by atoms with Crippen LogP contribution in [-0.4, -0.2) is 5.16 Å². The summed E-state index contributed by atoms with van der Waals surface area (Å²) in [5.74, 6) is 0. The average molecular weight is 111 g/mol. The summed E-state index contributed by atoms with van der Waals surface area (Å²) < 4.78 is 9.18. The Morgan fingerprint density at radius 1 is 1.12 bits per heavy atom. The van der Waals surface area contributed by atoms with Gasteiger partial charge in [0, 0.05) is 0 Å². The Hall–Kier alpha value is -1.25. The van der Waals surface area contributed by atoms with E-state index in [4.69, 9.17) is 4.42 Å². The highest BCUT2D eigenvalue weighted by atomic mass is 16.5. The molecule has 8 heavy (non-hydrogen) atoms. The van der Waals surface area contributed by atoms with E-state index in [2.05, 4.69) is 9.68 Å². The number of nitrogens with zero attached hydrogens (tertiary/aromatic N) is 1. The molecular weight excluding hydrogens is 106 g/mol. The van der Waals surface area contributed by atoms with E-state index >= 15 is 0 Å². The minimum Gasteiger partial charge on any atom is -0.469 e. The third-order valence-corrected chi connectivity index (χ3v) is 0.560. The van der Waals surface area contributed by atoms with Gasteiger partial charge in [0.1, 0.15) is 6.26 Å². The zero-order chi connectivity index (χ0) is 5.66. The monoisotopic (exact) mass is 111 g/mol. The normalized spacial score (nSPS) is 8.00. The van der Waals surface area contributed by atoms with Crippen LogP contribution in [0.25, 0.3) is 0 Å². The Morgan fingerprint density at radius 2 is 2.12 bits per heavy atom. The molecule has 1 heterocycles. The Morgan fingerprint density at radius 3 is 3.12 bits per heavy atom. The molecule has 0 aromatic carbocycles. The van der Waals surface area contributed by atoms with Gasteiger partial charge in [-0.2, -0.15) is 0 Å². The molecule has 0 spiro atoms. The van der Waals surface area contributed by atoms with Crippen LogP contribution in [0.4, 0.5) is 0 Å². The standard InChI is InChI=1S/C5H5NO2/c1-2-6-8-5-4-7-3-1/h1-5H. The maximum absolute atomic E-state index is 4.70. The fourth-order valence-corrected chi connectivity index (χ4v) is 0.288. The fourth-order valence-electron chi connectivity index (χ4n) is 0.288. The largest absolute Gasteiger partial charge is 0.469 e. The number of rotatable bonds is 0. The molecule has 3 nitrogen and oxygen atoms in total. The van der Waals surface area contributed by atoms with Crippen molar-refractivity contribution in [3.05, 3.63) is 31.1 Å². The van der Waals surface area contributed by atoms with Gasteiger partial charge >= 0.3 is 0 Å². The lowest BCUT2D eigenvalue weighted by atomic mass is 10.8. The highest BCUT2D eigenvalue weighted by molar-refractivity contribution is 4.66. The third-order valence-electron chi connectivity index (χ3n) is 0.560. The van der Waals surface area contributed by atoms with Gasteiger partial charge in [-0.1, -0.05) is 5.16 Å². The van der Waals surface area contributed by atoms with E-state index in [1.54, 1.807) is 6.07 Å². The van der Waals surface area contributed by atoms with Gasteiger partial charge in [0.05, 0.1) is 12.5 Å². The van der Waals surface area contributed by atoms with Gasteiger partial charge in [0.2, 0.25) is 0 Å². The van der Waals surface area contributed by atoms with Crippen molar-refractivity contribution in [3.8, 4) is 0 Å². The molecule has 42 valence electrons. The van der Waals surface area contributed by atoms with E-state index in [1.165, 1.54) is 25.0 Å². The van der Waals surface area contributed by atoms with Crippen LogP contribution >= 0.6 is 0 Å². The van der Waals surface area contributed by atoms with Crippen molar-refractivity contribution in [2.75, 3.05) is 0 Å². The minimum absolute atomic E-state index is 1.35. The Balaban J connectivity index is 3.00. The lowest BCUT2D eigenvalue weighted by molar-refractivity contribution is 0.385. The van der Waals surface area contributed by atoms with Crippen molar-refractivity contribution >= 4 is 0 Å². The summed E-state index contributed by atoms with van der Waals surface area (Å²) in [7, 11) is 0. The number of hydrogen-bond acceptors (Lipinski definition) is 3. The zero-order valence-electron chi connectivity index (χ0n) is 4.15. The van der Waals surface area contributed by atoms with E-state index in [0.717, 1.165) is 0 Å². The molecule has 0 bridgehead atoms. The first kappa shape index (κ1) is 4.90. The topological polar surface area (TPSA) is 39.2 Å². The molecule has 0 saturated heterocycles. The fraction of sp³-hybridized carbons (Fsp3) is 0. The van der Waals surface area contributed by atoms with Gasteiger partial charge in [-0.25, -0.2) is 0 Å². The maximum Gasteiger partial charge on any atom is 0.157 e. The molecule has 0 aliphatic carbocycles. The average Bonchev–Trinajstić information content (AvgIpc) is 1.62. The molecule has 0 fully saturated rings. The van der Waals surface area contributed by atoms with Crippen molar-refractivity contribution in [2.24, 2.45) is 0 Å². The van der Waals surface area contributed by atoms with Gasteiger partial charge in [-0.05, 0) is 6.07 Å². The van der Waals surface area contributed by atoms with Gasteiger partial charge in [-0.3, -0.25) is 0 Å². The van der Waals surface area contributed by atoms with Crippen LogP contribution in [0.15, 0.2) is 40.0 Å². The molecule has 0 saturated carbocycles. The predicted molar refractivity (Wildman–Crippen MR) is 26.4 cm³/mol. The minimum atomic E-state index is 1.35. The zero-order valence-corrected chi connectivity index (χ0v) is 4.15. The van der Waals surface area contributed by atoms with Crippen LogP contribution in [0.3, 0.4) is 0 Å². The summed E-state index contributed by atoms with van der Waals surface area (Å²) in [6.45, 7) is 0. The molecule has 3 heteroatoms. The summed E-state index contributed by atoms with van der Waals surface area (Å²) in [5, 5.41) is 3.45. The lowest BCUT2D eigenvalue weighted by Gasteiger charge is -1.72. The molecule has 0 unspecified atom stereocenters. The third kappa shape index (κ3) is 1.47. The summed E-state index contributed by atoms with van der Waals surface area (Å²) in [5.41, 5.74) is 0. The van der Waals surface area contributed by atoms with Crippen LogP contribution in [0.5, 0.6) is 0 Å². The summed E-state index contributed by atoms with van der Waals surface area (Å²) in [6, 6.07) is 1.63. The second-order valence-corrected chi connectivity index (χ2v) is 1.10. The molecule has 0 N–H and O–H groups in total. The molecular formula is C5H5NO2. The second-order valence-electron chi connectivity index (χ2n) is 1.10. The van der Waals surface area contributed by atoms with E-state index in [-0.39, 0.29) is 0 Å². The van der Waals surface area contributed by atoms with Crippen molar-refractivity contribution in [1.82, 2.24) is 5.16 Å². The van der Waals surface area contributed by atoms with Crippen LogP contribution in [0, 0.1) is 0 Å². The van der Waals surface area contributed by atoms with Crippen molar-refractivity contribution < 1.29 is 8.94 Å². The number of aromatic nitrogens is 1. The summed E-state index contributed by atoms with van der Waals surface area (Å²) in [6.07, 6.45) is 5.74. The smallest absolute Gasteiger partial charge is 0.157 e. The maximum atomic E-state index is 4.70. The lowest BCUT2D eigenvalue weighted by Crippen LogP contribution is -1.57. The van der Waals surface area contributed by atoms with Crippen molar-refractivity contribution in [2.45, 2.75) is 0 Å². The molecule has 1 aromatic rings. The first-order valence-electron chi connectivity index (χ1n) is 2.15. The van der Waals surface area contributed by atoms with Crippen LogP contribution < -0.4 is 0 Å². The highest BCUT2D eigenvalue weighted by Crippen LogP contribution is 1.75. The number of hydrogen-bond donors (Lipinski definition) is 0. The van der Waals surface area contributed by atoms with Crippen LogP contribution in [-0.2, 0) is 0 Å². The summed E-state index contributed by atoms with van der Waals surface area (Å²) >= 11 is 0. The van der Waals surface area contributed by atoms with E-state index in [0.29, 0.717) is 0 Å². The van der Waals surface area contributed by atoms with Crippen LogP contribution in [0.2, 0.25) is 0 Å². The van der Waals surface area contributed by atoms with E-state index in [1.807, 2.05) is 0 Å². The Bertz CT molecular complexity index is 115. The molecule has 0 aliphatic rings. The quantitative estimate of drug-likeness (QED) is 0.507. The first-order chi connectivity index (χ1) is 4.00. The SMILES string of the molecule is c1cnoccoc1. The van der Waals surface area contributed by atoms with E-state index in [9.17, 15) is 0 Å². The van der Waals surface area contributed by atoms with Gasteiger partial charge in [0.15, 0.2) is 6.26 Å². The molecule has 1 rings (SSSR count). The summed E-state index contributed by atoms with van der Waals surface area (Å²) in [4.78, 5) is 0. The highest BCUT2D eigenvalue weighted by Gasteiger charge is 1.60.